The molecule has 4 aromatic rings. The summed E-state index contributed by atoms with van der Waals surface area (Å²) in [7, 11) is 1.63. The normalized spacial score (nSPS) is 11.4. The van der Waals surface area contributed by atoms with Gasteiger partial charge in [0.15, 0.2) is 0 Å². The number of hydrazone groups is 1. The summed E-state index contributed by atoms with van der Waals surface area (Å²) in [5.41, 5.74) is 4.45. The van der Waals surface area contributed by atoms with Crippen LogP contribution in [0.2, 0.25) is 0 Å². The van der Waals surface area contributed by atoms with Crippen LogP contribution in [0.3, 0.4) is 0 Å². The summed E-state index contributed by atoms with van der Waals surface area (Å²) < 4.78 is 6.33. The summed E-state index contributed by atoms with van der Waals surface area (Å²) in [5, 5.41) is 6.13. The zero-order chi connectivity index (χ0) is 17.2. The van der Waals surface area contributed by atoms with E-state index in [2.05, 4.69) is 15.5 Å². The zero-order valence-electron chi connectivity index (χ0n) is 13.4. The van der Waals surface area contributed by atoms with Crippen molar-refractivity contribution in [2.75, 3.05) is 7.11 Å². The van der Waals surface area contributed by atoms with Crippen LogP contribution in [-0.2, 0) is 0 Å². The summed E-state index contributed by atoms with van der Waals surface area (Å²) in [5.74, 6) is 0.561. The summed E-state index contributed by atoms with van der Waals surface area (Å²) in [6.45, 7) is 0. The third-order valence-corrected chi connectivity index (χ3v) is 5.05. The largest absolute Gasteiger partial charge is 0.497 e. The quantitative estimate of drug-likeness (QED) is 0.429. The average Bonchev–Trinajstić information content (AvgIpc) is 3.25. The fourth-order valence-electron chi connectivity index (χ4n) is 2.66. The van der Waals surface area contributed by atoms with Crippen molar-refractivity contribution in [3.63, 3.8) is 0 Å². The van der Waals surface area contributed by atoms with Crippen LogP contribution in [0.15, 0.2) is 59.8 Å². The molecule has 1 amide bonds. The number of aromatic nitrogens is 1. The number of ether oxygens (including phenoxy) is 1. The van der Waals surface area contributed by atoms with Crippen molar-refractivity contribution in [1.82, 2.24) is 10.4 Å². The number of rotatable bonds is 4. The Morgan fingerprint density at radius 3 is 2.96 bits per heavy atom. The molecule has 124 valence electrons. The van der Waals surface area contributed by atoms with E-state index in [9.17, 15) is 4.79 Å². The molecule has 0 atom stereocenters. The number of aromatic amines is 1. The van der Waals surface area contributed by atoms with E-state index in [0.717, 1.165) is 32.3 Å². The second kappa shape index (κ2) is 6.41. The maximum atomic E-state index is 12.3. The maximum absolute atomic E-state index is 12.3. The number of H-pyrrole nitrogens is 1. The van der Waals surface area contributed by atoms with E-state index < -0.39 is 0 Å². The number of methoxy groups -OCH3 is 1. The van der Waals surface area contributed by atoms with Crippen LogP contribution in [0.5, 0.6) is 5.75 Å². The molecule has 0 saturated carbocycles. The number of hydrogen-bond donors (Lipinski definition) is 2. The fraction of sp³-hybridized carbons (Fsp3) is 0.0526. The lowest BCUT2D eigenvalue weighted by molar-refractivity contribution is 0.0959. The van der Waals surface area contributed by atoms with Crippen LogP contribution in [0.25, 0.3) is 21.0 Å². The van der Waals surface area contributed by atoms with E-state index in [0.29, 0.717) is 4.88 Å². The van der Waals surface area contributed by atoms with Gasteiger partial charge in [0, 0.05) is 27.4 Å². The number of hydrogen-bond acceptors (Lipinski definition) is 4. The van der Waals surface area contributed by atoms with Gasteiger partial charge in [-0.2, -0.15) is 5.10 Å². The van der Waals surface area contributed by atoms with Gasteiger partial charge in [0.1, 0.15) is 5.75 Å². The first-order chi connectivity index (χ1) is 12.2. The van der Waals surface area contributed by atoms with Gasteiger partial charge >= 0.3 is 0 Å². The SMILES string of the molecule is COc1ccc2[nH]cc(C=NNC(=O)c3cc4ccccc4s3)c2c1. The molecule has 2 aromatic carbocycles. The third-order valence-electron chi connectivity index (χ3n) is 3.94. The molecule has 0 spiro atoms. The van der Waals surface area contributed by atoms with Crippen molar-refractivity contribution < 1.29 is 9.53 Å². The van der Waals surface area contributed by atoms with Crippen molar-refractivity contribution in [3.8, 4) is 5.75 Å². The minimum absolute atomic E-state index is 0.213. The number of amides is 1. The summed E-state index contributed by atoms with van der Waals surface area (Å²) in [4.78, 5) is 16.1. The lowest BCUT2D eigenvalue weighted by Crippen LogP contribution is -2.16. The molecule has 5 nitrogen and oxygen atoms in total. The molecule has 4 rings (SSSR count). The van der Waals surface area contributed by atoms with Crippen LogP contribution in [0.1, 0.15) is 15.2 Å². The monoisotopic (exact) mass is 349 g/mol. The second-order valence-electron chi connectivity index (χ2n) is 5.50. The first-order valence-electron chi connectivity index (χ1n) is 7.72. The van der Waals surface area contributed by atoms with Gasteiger partial charge in [-0.1, -0.05) is 18.2 Å². The van der Waals surface area contributed by atoms with Gasteiger partial charge < -0.3 is 9.72 Å². The first kappa shape index (κ1) is 15.4. The molecule has 0 saturated heterocycles. The average molecular weight is 349 g/mol. The molecule has 0 aliphatic heterocycles. The number of thiophene rings is 1. The number of carbonyl (C=O) groups is 1. The van der Waals surface area contributed by atoms with E-state index >= 15 is 0 Å². The van der Waals surface area contributed by atoms with Crippen LogP contribution < -0.4 is 10.2 Å². The standard InChI is InChI=1S/C19H15N3O2S/c1-24-14-6-7-16-15(9-14)13(10-20-16)11-21-22-19(23)18-8-12-4-2-3-5-17(12)25-18/h2-11,20H,1H3,(H,22,23). The Labute approximate surface area is 147 Å². The Morgan fingerprint density at radius 1 is 1.24 bits per heavy atom. The van der Waals surface area contributed by atoms with Crippen LogP contribution in [-0.4, -0.2) is 24.2 Å². The number of fused-ring (bicyclic) bond motifs is 2. The van der Waals surface area contributed by atoms with Gasteiger partial charge in [-0.3, -0.25) is 4.79 Å². The Morgan fingerprint density at radius 2 is 2.12 bits per heavy atom. The second-order valence-corrected chi connectivity index (χ2v) is 6.59. The number of carbonyl (C=O) groups excluding carboxylic acids is 1. The highest BCUT2D eigenvalue weighted by atomic mass is 32.1. The smallest absolute Gasteiger partial charge is 0.281 e. The van der Waals surface area contributed by atoms with Gasteiger partial charge in [0.2, 0.25) is 0 Å². The Hall–Kier alpha value is -3.12. The van der Waals surface area contributed by atoms with Gasteiger partial charge in [-0.05, 0) is 35.7 Å². The van der Waals surface area contributed by atoms with E-state index in [1.165, 1.54) is 11.3 Å². The molecule has 0 radical (unpaired) electrons. The minimum Gasteiger partial charge on any atom is -0.497 e. The minimum atomic E-state index is -0.213. The van der Waals surface area contributed by atoms with E-state index in [1.54, 1.807) is 13.3 Å². The van der Waals surface area contributed by atoms with Crippen molar-refractivity contribution in [2.24, 2.45) is 5.10 Å². The van der Waals surface area contributed by atoms with Crippen molar-refractivity contribution in [3.05, 3.63) is 65.2 Å². The van der Waals surface area contributed by atoms with Crippen LogP contribution >= 0.6 is 11.3 Å². The Kier molecular flexibility index (Phi) is 3.95. The van der Waals surface area contributed by atoms with Crippen molar-refractivity contribution in [2.45, 2.75) is 0 Å². The maximum Gasteiger partial charge on any atom is 0.281 e. The highest BCUT2D eigenvalue weighted by Crippen LogP contribution is 2.25. The highest BCUT2D eigenvalue weighted by molar-refractivity contribution is 7.20. The number of benzene rings is 2. The molecule has 0 aliphatic carbocycles. The molecule has 0 unspecified atom stereocenters. The molecule has 0 fully saturated rings. The van der Waals surface area contributed by atoms with E-state index in [1.807, 2.05) is 54.7 Å². The van der Waals surface area contributed by atoms with E-state index in [4.69, 9.17) is 4.74 Å². The van der Waals surface area contributed by atoms with Crippen molar-refractivity contribution >= 4 is 44.4 Å². The molecule has 25 heavy (non-hydrogen) atoms. The topological polar surface area (TPSA) is 66.5 Å². The fourth-order valence-corrected chi connectivity index (χ4v) is 3.62. The molecular weight excluding hydrogens is 334 g/mol. The Balaban J connectivity index is 1.53. The zero-order valence-corrected chi connectivity index (χ0v) is 14.3. The van der Waals surface area contributed by atoms with Gasteiger partial charge in [0.05, 0.1) is 18.2 Å². The molecular formula is C19H15N3O2S. The third kappa shape index (κ3) is 2.99. The molecule has 2 heterocycles. The van der Waals surface area contributed by atoms with Crippen LogP contribution in [0, 0.1) is 0 Å². The number of nitrogens with one attached hydrogen (secondary N) is 2. The van der Waals surface area contributed by atoms with Gasteiger partial charge in [-0.15, -0.1) is 11.3 Å². The summed E-state index contributed by atoms with van der Waals surface area (Å²) in [6, 6.07) is 15.6. The molecule has 2 aromatic heterocycles. The predicted molar refractivity (Wildman–Crippen MR) is 102 cm³/mol. The highest BCUT2D eigenvalue weighted by Gasteiger charge is 2.09. The number of nitrogens with zero attached hydrogens (tertiary/aromatic N) is 1. The Bertz CT molecular complexity index is 1060. The first-order valence-corrected chi connectivity index (χ1v) is 8.53. The summed E-state index contributed by atoms with van der Waals surface area (Å²) >= 11 is 1.45. The molecule has 6 heteroatoms. The van der Waals surface area contributed by atoms with Crippen LogP contribution in [0.4, 0.5) is 0 Å². The van der Waals surface area contributed by atoms with Gasteiger partial charge in [-0.25, -0.2) is 5.43 Å². The predicted octanol–water partition coefficient (Wildman–Crippen LogP) is 4.16. The lowest BCUT2D eigenvalue weighted by atomic mass is 10.2. The summed E-state index contributed by atoms with van der Waals surface area (Å²) in [6.07, 6.45) is 3.47. The van der Waals surface area contributed by atoms with E-state index in [-0.39, 0.29) is 5.91 Å². The molecule has 2 N–H and O–H groups in total. The molecule has 0 aliphatic rings. The molecule has 0 bridgehead atoms. The van der Waals surface area contributed by atoms with Crippen molar-refractivity contribution in [1.29, 1.82) is 0 Å². The lowest BCUT2D eigenvalue weighted by Gasteiger charge is -1.99. The van der Waals surface area contributed by atoms with Gasteiger partial charge in [0.25, 0.3) is 5.91 Å².